The number of pyridine rings is 1. The number of amides is 1. The van der Waals surface area contributed by atoms with E-state index in [1.54, 1.807) is 17.5 Å². The third kappa shape index (κ3) is 4.06. The first-order valence-corrected chi connectivity index (χ1v) is 8.20. The van der Waals surface area contributed by atoms with Crippen molar-refractivity contribution in [3.8, 4) is 0 Å². The van der Waals surface area contributed by atoms with Crippen molar-refractivity contribution < 1.29 is 4.79 Å². The van der Waals surface area contributed by atoms with Gasteiger partial charge in [-0.05, 0) is 40.4 Å². The molecule has 118 valence electrons. The summed E-state index contributed by atoms with van der Waals surface area (Å²) in [5, 5.41) is 7.54. The Hall–Kier alpha value is -1.43. The van der Waals surface area contributed by atoms with Crippen molar-refractivity contribution in [2.24, 2.45) is 0 Å². The van der Waals surface area contributed by atoms with E-state index in [9.17, 15) is 4.79 Å². The molecule has 22 heavy (non-hydrogen) atoms. The molecule has 1 amide bonds. The van der Waals surface area contributed by atoms with E-state index in [1.165, 1.54) is 5.56 Å². The van der Waals surface area contributed by atoms with Gasteiger partial charge in [-0.15, -0.1) is 12.4 Å². The summed E-state index contributed by atoms with van der Waals surface area (Å²) in [4.78, 5) is 18.7. The van der Waals surface area contributed by atoms with E-state index in [0.717, 1.165) is 31.6 Å². The molecule has 1 aliphatic rings. The smallest absolute Gasteiger partial charge is 0.223 e. The minimum absolute atomic E-state index is 0. The van der Waals surface area contributed by atoms with Crippen LogP contribution < -0.4 is 5.32 Å². The van der Waals surface area contributed by atoms with Crippen LogP contribution in [0, 0.1) is 0 Å². The van der Waals surface area contributed by atoms with Crippen LogP contribution in [0.15, 0.2) is 41.4 Å². The molecule has 4 nitrogen and oxygen atoms in total. The zero-order chi connectivity index (χ0) is 14.5. The topological polar surface area (TPSA) is 45.2 Å². The SMILES string of the molecule is Cl.O=C(CCc1ccsc1)N1CCNCC1c1cccnc1. The number of nitrogens with one attached hydrogen (secondary N) is 1. The first-order valence-electron chi connectivity index (χ1n) is 7.26. The van der Waals surface area contributed by atoms with Crippen molar-refractivity contribution in [2.45, 2.75) is 18.9 Å². The van der Waals surface area contributed by atoms with Gasteiger partial charge < -0.3 is 10.2 Å². The summed E-state index contributed by atoms with van der Waals surface area (Å²) in [5.74, 6) is 0.233. The van der Waals surface area contributed by atoms with Gasteiger partial charge in [-0.1, -0.05) is 6.07 Å². The Morgan fingerprint density at radius 1 is 1.45 bits per heavy atom. The largest absolute Gasteiger partial charge is 0.333 e. The lowest BCUT2D eigenvalue weighted by Gasteiger charge is -2.36. The molecule has 3 rings (SSSR count). The van der Waals surface area contributed by atoms with Crippen LogP contribution in [0.4, 0.5) is 0 Å². The van der Waals surface area contributed by atoms with Crippen LogP contribution in [0.1, 0.15) is 23.6 Å². The van der Waals surface area contributed by atoms with Gasteiger partial charge in [-0.2, -0.15) is 11.3 Å². The number of hydrogen-bond acceptors (Lipinski definition) is 4. The van der Waals surface area contributed by atoms with E-state index < -0.39 is 0 Å². The number of rotatable bonds is 4. The molecule has 1 unspecified atom stereocenters. The molecule has 0 spiro atoms. The lowest BCUT2D eigenvalue weighted by Crippen LogP contribution is -2.48. The molecule has 0 saturated carbocycles. The molecule has 1 atom stereocenters. The van der Waals surface area contributed by atoms with Gasteiger partial charge in [-0.25, -0.2) is 0 Å². The molecule has 2 aromatic rings. The summed E-state index contributed by atoms with van der Waals surface area (Å²) in [7, 11) is 0. The fraction of sp³-hybridized carbons (Fsp3) is 0.375. The van der Waals surface area contributed by atoms with Gasteiger partial charge in [0.2, 0.25) is 5.91 Å². The van der Waals surface area contributed by atoms with Crippen LogP contribution in [0.25, 0.3) is 0 Å². The molecule has 0 radical (unpaired) electrons. The Balaban J connectivity index is 0.00000176. The fourth-order valence-corrected chi connectivity index (χ4v) is 3.41. The molecular formula is C16H20ClN3OS. The van der Waals surface area contributed by atoms with Crippen LogP contribution >= 0.6 is 23.7 Å². The molecule has 0 aliphatic carbocycles. The minimum Gasteiger partial charge on any atom is -0.333 e. The number of thiophene rings is 1. The standard InChI is InChI=1S/C16H19N3OS.ClH/c20-16(4-3-13-5-9-21-12-13)19-8-7-18-11-15(19)14-2-1-6-17-10-14;/h1-2,5-6,9-10,12,15,18H,3-4,7-8,11H2;1H. The summed E-state index contributed by atoms with van der Waals surface area (Å²) in [6.45, 7) is 2.43. The summed E-state index contributed by atoms with van der Waals surface area (Å²) in [6.07, 6.45) is 5.03. The fourth-order valence-electron chi connectivity index (χ4n) is 2.70. The Kier molecular flexibility index (Phi) is 6.36. The molecule has 1 aliphatic heterocycles. The quantitative estimate of drug-likeness (QED) is 0.933. The Labute approximate surface area is 141 Å². The molecular weight excluding hydrogens is 318 g/mol. The third-order valence-electron chi connectivity index (χ3n) is 3.84. The van der Waals surface area contributed by atoms with Crippen molar-refractivity contribution in [3.63, 3.8) is 0 Å². The van der Waals surface area contributed by atoms with E-state index in [2.05, 4.69) is 27.1 Å². The number of aryl methyl sites for hydroxylation is 1. The van der Waals surface area contributed by atoms with Gasteiger partial charge in [0.15, 0.2) is 0 Å². The molecule has 1 N–H and O–H groups in total. The van der Waals surface area contributed by atoms with Crippen LogP contribution in [0.2, 0.25) is 0 Å². The van der Waals surface area contributed by atoms with E-state index in [4.69, 9.17) is 0 Å². The Morgan fingerprint density at radius 3 is 3.09 bits per heavy atom. The normalized spacial score (nSPS) is 17.8. The Morgan fingerprint density at radius 2 is 2.36 bits per heavy atom. The van der Waals surface area contributed by atoms with Crippen molar-refractivity contribution in [1.82, 2.24) is 15.2 Å². The van der Waals surface area contributed by atoms with Crippen molar-refractivity contribution >= 4 is 29.7 Å². The van der Waals surface area contributed by atoms with E-state index in [-0.39, 0.29) is 24.4 Å². The molecule has 3 heterocycles. The zero-order valence-electron chi connectivity index (χ0n) is 12.3. The second-order valence-electron chi connectivity index (χ2n) is 5.23. The summed E-state index contributed by atoms with van der Waals surface area (Å²) >= 11 is 1.68. The lowest BCUT2D eigenvalue weighted by molar-refractivity contribution is -0.134. The van der Waals surface area contributed by atoms with E-state index in [0.29, 0.717) is 6.42 Å². The second kappa shape index (κ2) is 8.27. The monoisotopic (exact) mass is 337 g/mol. The molecule has 2 aromatic heterocycles. The van der Waals surface area contributed by atoms with Crippen molar-refractivity contribution in [2.75, 3.05) is 19.6 Å². The van der Waals surface area contributed by atoms with Crippen LogP contribution in [-0.4, -0.2) is 35.4 Å². The van der Waals surface area contributed by atoms with Crippen LogP contribution in [0.3, 0.4) is 0 Å². The van der Waals surface area contributed by atoms with E-state index in [1.807, 2.05) is 23.2 Å². The highest BCUT2D eigenvalue weighted by Gasteiger charge is 2.27. The maximum absolute atomic E-state index is 12.6. The first-order chi connectivity index (χ1) is 10.3. The summed E-state index contributed by atoms with van der Waals surface area (Å²) < 4.78 is 0. The molecule has 0 bridgehead atoms. The summed E-state index contributed by atoms with van der Waals surface area (Å²) in [6, 6.07) is 6.17. The Bertz CT molecular complexity index is 576. The highest BCUT2D eigenvalue weighted by molar-refractivity contribution is 7.07. The average molecular weight is 338 g/mol. The number of nitrogens with zero attached hydrogens (tertiary/aromatic N) is 2. The van der Waals surface area contributed by atoms with Gasteiger partial charge in [0.05, 0.1) is 6.04 Å². The third-order valence-corrected chi connectivity index (χ3v) is 4.57. The van der Waals surface area contributed by atoms with Gasteiger partial charge in [0, 0.05) is 38.4 Å². The van der Waals surface area contributed by atoms with Gasteiger partial charge >= 0.3 is 0 Å². The maximum atomic E-state index is 12.6. The van der Waals surface area contributed by atoms with Crippen molar-refractivity contribution in [3.05, 3.63) is 52.5 Å². The first kappa shape index (κ1) is 16.9. The highest BCUT2D eigenvalue weighted by atomic mass is 35.5. The van der Waals surface area contributed by atoms with Gasteiger partial charge in [0.25, 0.3) is 0 Å². The predicted molar refractivity (Wildman–Crippen MR) is 91.4 cm³/mol. The van der Waals surface area contributed by atoms with E-state index >= 15 is 0 Å². The second-order valence-corrected chi connectivity index (χ2v) is 6.01. The summed E-state index contributed by atoms with van der Waals surface area (Å²) in [5.41, 5.74) is 2.36. The zero-order valence-corrected chi connectivity index (χ0v) is 13.9. The van der Waals surface area contributed by atoms with Crippen LogP contribution in [0.5, 0.6) is 0 Å². The number of piperazine rings is 1. The number of halogens is 1. The molecule has 0 aromatic carbocycles. The maximum Gasteiger partial charge on any atom is 0.223 e. The molecule has 6 heteroatoms. The van der Waals surface area contributed by atoms with Crippen LogP contribution in [-0.2, 0) is 11.2 Å². The predicted octanol–water partition coefficient (Wildman–Crippen LogP) is 2.67. The lowest BCUT2D eigenvalue weighted by atomic mass is 10.0. The highest BCUT2D eigenvalue weighted by Crippen LogP contribution is 2.22. The van der Waals surface area contributed by atoms with Gasteiger partial charge in [-0.3, -0.25) is 9.78 Å². The number of carbonyl (C=O) groups is 1. The molecule has 1 fully saturated rings. The minimum atomic E-state index is 0. The average Bonchev–Trinajstić information content (AvgIpc) is 3.07. The number of aromatic nitrogens is 1. The number of carbonyl (C=O) groups excluding carboxylic acids is 1. The van der Waals surface area contributed by atoms with Crippen molar-refractivity contribution in [1.29, 1.82) is 0 Å². The number of hydrogen-bond donors (Lipinski definition) is 1. The van der Waals surface area contributed by atoms with Gasteiger partial charge in [0.1, 0.15) is 0 Å². The molecule has 1 saturated heterocycles.